The van der Waals surface area contributed by atoms with E-state index in [0.717, 1.165) is 11.8 Å². The molecule has 1 aliphatic heterocycles. The Bertz CT molecular complexity index is 111. The molecule has 1 heteroatoms. The Hall–Kier alpha value is -0.0400. The van der Waals surface area contributed by atoms with Gasteiger partial charge in [0.15, 0.2) is 0 Å². The van der Waals surface area contributed by atoms with E-state index >= 15 is 0 Å². The Morgan fingerprint density at radius 1 is 1.55 bits per heavy atom. The van der Waals surface area contributed by atoms with Gasteiger partial charge in [0.2, 0.25) is 0 Å². The van der Waals surface area contributed by atoms with E-state index in [1.165, 1.54) is 32.5 Å². The Balaban J connectivity index is 2.17. The number of nitrogens with zero attached hydrogens (tertiary/aromatic N) is 1. The molecule has 11 heavy (non-hydrogen) atoms. The average molecular weight is 155 g/mol. The van der Waals surface area contributed by atoms with E-state index in [1.54, 1.807) is 0 Å². The molecule has 1 saturated heterocycles. The van der Waals surface area contributed by atoms with E-state index in [1.807, 2.05) is 0 Å². The fraction of sp³-hybridized carbons (Fsp3) is 1.00. The van der Waals surface area contributed by atoms with E-state index in [0.29, 0.717) is 0 Å². The Morgan fingerprint density at radius 2 is 2.27 bits per heavy atom. The fourth-order valence-electron chi connectivity index (χ4n) is 1.76. The second-order valence-electron chi connectivity index (χ2n) is 4.17. The van der Waals surface area contributed by atoms with Crippen molar-refractivity contribution < 1.29 is 0 Å². The van der Waals surface area contributed by atoms with Gasteiger partial charge in [0.25, 0.3) is 0 Å². The molecule has 1 nitrogen and oxygen atoms in total. The largest absolute Gasteiger partial charge is 0.303 e. The van der Waals surface area contributed by atoms with Gasteiger partial charge in [-0.1, -0.05) is 27.2 Å². The van der Waals surface area contributed by atoms with Crippen LogP contribution < -0.4 is 0 Å². The van der Waals surface area contributed by atoms with Gasteiger partial charge in [-0.15, -0.1) is 0 Å². The molecule has 0 aromatic rings. The summed E-state index contributed by atoms with van der Waals surface area (Å²) in [5, 5.41) is 0. The molecule has 0 amide bonds. The highest BCUT2D eigenvalue weighted by Crippen LogP contribution is 2.16. The first-order valence-electron chi connectivity index (χ1n) is 4.94. The minimum Gasteiger partial charge on any atom is -0.303 e. The zero-order valence-corrected chi connectivity index (χ0v) is 8.14. The van der Waals surface area contributed by atoms with Crippen LogP contribution in [0.4, 0.5) is 0 Å². The maximum Gasteiger partial charge on any atom is 0.000761 e. The molecule has 1 rings (SSSR count). The number of hydrogen-bond donors (Lipinski definition) is 0. The standard InChI is InChI=1S/C10H21N/c1-4-9(2)7-11-6-5-10(3)8-11/h9-10H,4-8H2,1-3H3/t9?,10-/m1/s1. The quantitative estimate of drug-likeness (QED) is 0.605. The SMILES string of the molecule is CCC(C)CN1CC[C@@H](C)C1. The molecular weight excluding hydrogens is 134 g/mol. The number of hydrogen-bond acceptors (Lipinski definition) is 1. The van der Waals surface area contributed by atoms with Crippen molar-refractivity contribution >= 4 is 0 Å². The van der Waals surface area contributed by atoms with Crippen LogP contribution in [-0.4, -0.2) is 24.5 Å². The Kier molecular flexibility index (Phi) is 3.38. The normalized spacial score (nSPS) is 29.2. The van der Waals surface area contributed by atoms with Gasteiger partial charge in [-0.25, -0.2) is 0 Å². The van der Waals surface area contributed by atoms with Crippen LogP contribution in [0.2, 0.25) is 0 Å². The molecule has 0 N–H and O–H groups in total. The lowest BCUT2D eigenvalue weighted by atomic mass is 10.1. The summed E-state index contributed by atoms with van der Waals surface area (Å²) >= 11 is 0. The van der Waals surface area contributed by atoms with Gasteiger partial charge in [-0.05, 0) is 24.8 Å². The van der Waals surface area contributed by atoms with Crippen molar-refractivity contribution in [2.75, 3.05) is 19.6 Å². The van der Waals surface area contributed by atoms with Gasteiger partial charge in [-0.2, -0.15) is 0 Å². The molecule has 1 heterocycles. The minimum atomic E-state index is 0.889. The van der Waals surface area contributed by atoms with E-state index in [-0.39, 0.29) is 0 Å². The Labute approximate surface area is 70.8 Å². The molecule has 2 atom stereocenters. The molecule has 0 saturated carbocycles. The molecule has 66 valence electrons. The van der Waals surface area contributed by atoms with Crippen molar-refractivity contribution in [2.45, 2.75) is 33.6 Å². The van der Waals surface area contributed by atoms with Crippen molar-refractivity contribution in [1.29, 1.82) is 0 Å². The first-order valence-corrected chi connectivity index (χ1v) is 4.94. The summed E-state index contributed by atoms with van der Waals surface area (Å²) in [5.74, 6) is 1.83. The van der Waals surface area contributed by atoms with Crippen LogP contribution in [0.5, 0.6) is 0 Å². The van der Waals surface area contributed by atoms with Gasteiger partial charge < -0.3 is 4.90 Å². The van der Waals surface area contributed by atoms with Crippen LogP contribution in [0.1, 0.15) is 33.6 Å². The van der Waals surface area contributed by atoms with Crippen LogP contribution in [-0.2, 0) is 0 Å². The molecule has 0 spiro atoms. The molecule has 0 bridgehead atoms. The van der Waals surface area contributed by atoms with Crippen molar-refractivity contribution in [3.63, 3.8) is 0 Å². The average Bonchev–Trinajstić information content (AvgIpc) is 2.35. The van der Waals surface area contributed by atoms with Crippen molar-refractivity contribution in [3.8, 4) is 0 Å². The third-order valence-electron chi connectivity index (χ3n) is 2.77. The summed E-state index contributed by atoms with van der Waals surface area (Å²) in [7, 11) is 0. The topological polar surface area (TPSA) is 3.24 Å². The maximum atomic E-state index is 2.61. The molecular formula is C10H21N. The lowest BCUT2D eigenvalue weighted by molar-refractivity contribution is 0.277. The molecule has 0 aromatic carbocycles. The lowest BCUT2D eigenvalue weighted by Crippen LogP contribution is -2.25. The van der Waals surface area contributed by atoms with Gasteiger partial charge in [0.1, 0.15) is 0 Å². The van der Waals surface area contributed by atoms with Gasteiger partial charge in [0.05, 0.1) is 0 Å². The highest BCUT2D eigenvalue weighted by atomic mass is 15.1. The van der Waals surface area contributed by atoms with Crippen LogP contribution in [0.3, 0.4) is 0 Å². The zero-order chi connectivity index (χ0) is 8.27. The third-order valence-corrected chi connectivity index (χ3v) is 2.77. The van der Waals surface area contributed by atoms with Gasteiger partial charge in [0, 0.05) is 13.1 Å². The first-order chi connectivity index (χ1) is 5.22. The second kappa shape index (κ2) is 4.10. The van der Waals surface area contributed by atoms with Crippen LogP contribution in [0.25, 0.3) is 0 Å². The van der Waals surface area contributed by atoms with Crippen LogP contribution >= 0.6 is 0 Å². The predicted molar refractivity (Wildman–Crippen MR) is 49.7 cm³/mol. The predicted octanol–water partition coefficient (Wildman–Crippen LogP) is 2.37. The van der Waals surface area contributed by atoms with Crippen molar-refractivity contribution in [1.82, 2.24) is 4.90 Å². The lowest BCUT2D eigenvalue weighted by Gasteiger charge is -2.19. The minimum absolute atomic E-state index is 0.889. The smallest absolute Gasteiger partial charge is 0.000761 e. The molecule has 0 aromatic heterocycles. The maximum absolute atomic E-state index is 2.61. The molecule has 0 radical (unpaired) electrons. The summed E-state index contributed by atoms with van der Waals surface area (Å²) in [6.07, 6.45) is 2.74. The van der Waals surface area contributed by atoms with Crippen molar-refractivity contribution in [2.24, 2.45) is 11.8 Å². The van der Waals surface area contributed by atoms with E-state index in [4.69, 9.17) is 0 Å². The Morgan fingerprint density at radius 3 is 2.73 bits per heavy atom. The zero-order valence-electron chi connectivity index (χ0n) is 8.14. The summed E-state index contributed by atoms with van der Waals surface area (Å²) < 4.78 is 0. The van der Waals surface area contributed by atoms with Crippen LogP contribution in [0, 0.1) is 11.8 Å². The number of likely N-dealkylation sites (tertiary alicyclic amines) is 1. The first kappa shape index (κ1) is 9.05. The monoisotopic (exact) mass is 155 g/mol. The fourth-order valence-corrected chi connectivity index (χ4v) is 1.76. The van der Waals surface area contributed by atoms with Crippen molar-refractivity contribution in [3.05, 3.63) is 0 Å². The summed E-state index contributed by atoms with van der Waals surface area (Å²) in [6, 6.07) is 0. The van der Waals surface area contributed by atoms with Gasteiger partial charge >= 0.3 is 0 Å². The third kappa shape index (κ3) is 2.82. The van der Waals surface area contributed by atoms with E-state index in [9.17, 15) is 0 Å². The second-order valence-corrected chi connectivity index (χ2v) is 4.17. The van der Waals surface area contributed by atoms with E-state index < -0.39 is 0 Å². The van der Waals surface area contributed by atoms with Gasteiger partial charge in [-0.3, -0.25) is 0 Å². The summed E-state index contributed by atoms with van der Waals surface area (Å²) in [4.78, 5) is 2.61. The highest BCUT2D eigenvalue weighted by Gasteiger charge is 2.19. The number of rotatable bonds is 3. The summed E-state index contributed by atoms with van der Waals surface area (Å²) in [6.45, 7) is 11.0. The highest BCUT2D eigenvalue weighted by molar-refractivity contribution is 4.73. The molecule has 1 fully saturated rings. The summed E-state index contributed by atoms with van der Waals surface area (Å²) in [5.41, 5.74) is 0. The van der Waals surface area contributed by atoms with Crippen LogP contribution in [0.15, 0.2) is 0 Å². The van der Waals surface area contributed by atoms with E-state index in [2.05, 4.69) is 25.7 Å². The molecule has 1 aliphatic rings. The molecule has 0 aliphatic carbocycles. The molecule has 1 unspecified atom stereocenters.